The molecule has 0 aromatic carbocycles. The summed E-state index contributed by atoms with van der Waals surface area (Å²) in [5.74, 6) is 0. The molecule has 0 fully saturated rings. The molecule has 6 heavy (non-hydrogen) atoms. The Morgan fingerprint density at radius 3 is 2.00 bits per heavy atom. The van der Waals surface area contributed by atoms with Crippen molar-refractivity contribution in [3.63, 3.8) is 0 Å². The van der Waals surface area contributed by atoms with Gasteiger partial charge in [0.1, 0.15) is 0 Å². The molecule has 0 radical (unpaired) electrons. The summed E-state index contributed by atoms with van der Waals surface area (Å²) < 4.78 is 11.5. The molecule has 0 spiro atoms. The van der Waals surface area contributed by atoms with Crippen LogP contribution in [0.1, 0.15) is 0 Å². The van der Waals surface area contributed by atoms with Gasteiger partial charge in [-0.2, -0.15) is 4.79 Å². The Bertz CT molecular complexity index is 112. The van der Waals surface area contributed by atoms with Gasteiger partial charge in [0.2, 0.25) is 0 Å². The minimum atomic E-state index is 0.278. The molecular formula is C2H2FN3. The SMILES string of the molecule is Fn1cnnc1. The van der Waals surface area contributed by atoms with E-state index >= 15 is 0 Å². The summed E-state index contributed by atoms with van der Waals surface area (Å²) in [4.78, 5) is 0.278. The molecule has 4 heteroatoms. The van der Waals surface area contributed by atoms with Gasteiger partial charge in [-0.3, -0.25) is 0 Å². The van der Waals surface area contributed by atoms with E-state index < -0.39 is 0 Å². The van der Waals surface area contributed by atoms with E-state index in [1.54, 1.807) is 0 Å². The Hall–Kier alpha value is -0.930. The van der Waals surface area contributed by atoms with Crippen molar-refractivity contribution in [2.24, 2.45) is 0 Å². The highest BCUT2D eigenvalue weighted by Crippen LogP contribution is 1.73. The molecule has 1 aromatic heterocycles. The zero-order valence-electron chi connectivity index (χ0n) is 2.87. The van der Waals surface area contributed by atoms with Crippen LogP contribution in [0.5, 0.6) is 0 Å². The first-order chi connectivity index (χ1) is 2.89. The maximum Gasteiger partial charge on any atom is 0.150 e. The molecule has 0 aliphatic rings. The Morgan fingerprint density at radius 1 is 1.33 bits per heavy atom. The Balaban J connectivity index is 3.05. The van der Waals surface area contributed by atoms with Gasteiger partial charge >= 0.3 is 0 Å². The van der Waals surface area contributed by atoms with E-state index in [1.165, 1.54) is 0 Å². The molecule has 0 amide bonds. The molecule has 0 atom stereocenters. The summed E-state index contributed by atoms with van der Waals surface area (Å²) in [6.07, 6.45) is 1.94. The van der Waals surface area contributed by atoms with Gasteiger partial charge in [-0.25, -0.2) is 0 Å². The molecule has 1 rings (SSSR count). The normalized spacial score (nSPS) is 8.83. The van der Waals surface area contributed by atoms with Crippen molar-refractivity contribution in [2.45, 2.75) is 0 Å². The van der Waals surface area contributed by atoms with Crippen LogP contribution in [0.15, 0.2) is 12.7 Å². The van der Waals surface area contributed by atoms with Gasteiger partial charge in [-0.15, -0.1) is 10.2 Å². The van der Waals surface area contributed by atoms with Crippen LogP contribution in [0, 0.1) is 0 Å². The van der Waals surface area contributed by atoms with Gasteiger partial charge in [-0.05, 0) is 0 Å². The van der Waals surface area contributed by atoms with Crippen molar-refractivity contribution in [1.82, 2.24) is 15.0 Å². The van der Waals surface area contributed by atoms with Gasteiger partial charge < -0.3 is 0 Å². The molecule has 0 N–H and O–H groups in total. The van der Waals surface area contributed by atoms with Crippen LogP contribution in [-0.2, 0) is 0 Å². The molecular weight excluding hydrogens is 85.0 g/mol. The second kappa shape index (κ2) is 1.04. The van der Waals surface area contributed by atoms with Crippen LogP contribution in [-0.4, -0.2) is 15.0 Å². The zero-order chi connectivity index (χ0) is 4.41. The van der Waals surface area contributed by atoms with E-state index in [9.17, 15) is 4.48 Å². The molecule has 0 saturated carbocycles. The molecule has 0 bridgehead atoms. The second-order valence-corrected chi connectivity index (χ2v) is 0.806. The van der Waals surface area contributed by atoms with Crippen molar-refractivity contribution in [3.8, 4) is 0 Å². The predicted molar refractivity (Wildman–Crippen MR) is 16.5 cm³/mol. The third-order valence-corrected chi connectivity index (χ3v) is 0.391. The molecule has 0 aliphatic carbocycles. The van der Waals surface area contributed by atoms with E-state index in [-0.39, 0.29) is 4.79 Å². The molecule has 0 aliphatic heterocycles. The zero-order valence-corrected chi connectivity index (χ0v) is 2.87. The number of rotatable bonds is 0. The smallest absolute Gasteiger partial charge is 0.150 e. The fourth-order valence-corrected chi connectivity index (χ4v) is 0.188. The molecule has 3 nitrogen and oxygen atoms in total. The summed E-state index contributed by atoms with van der Waals surface area (Å²) >= 11 is 0. The fourth-order valence-electron chi connectivity index (χ4n) is 0.188. The molecule has 1 aromatic rings. The molecule has 0 unspecified atom stereocenters. The lowest BCUT2D eigenvalue weighted by Gasteiger charge is -1.66. The highest BCUT2D eigenvalue weighted by molar-refractivity contribution is 4.48. The van der Waals surface area contributed by atoms with Crippen LogP contribution >= 0.6 is 0 Å². The highest BCUT2D eigenvalue weighted by atomic mass is 19.2. The number of nitrogens with zero attached hydrogens (tertiary/aromatic N) is 3. The first-order valence-corrected chi connectivity index (χ1v) is 1.40. The lowest BCUT2D eigenvalue weighted by atomic mass is 11.3. The minimum Gasteiger partial charge on any atom is -0.154 e. The lowest BCUT2D eigenvalue weighted by Crippen LogP contribution is -1.67. The highest BCUT2D eigenvalue weighted by Gasteiger charge is 1.75. The first kappa shape index (κ1) is 3.27. The van der Waals surface area contributed by atoms with Gasteiger partial charge in [0, 0.05) is 0 Å². The van der Waals surface area contributed by atoms with Gasteiger partial charge in [-0.1, -0.05) is 4.48 Å². The molecule has 32 valence electrons. The van der Waals surface area contributed by atoms with E-state index in [1.807, 2.05) is 0 Å². The van der Waals surface area contributed by atoms with Gasteiger partial charge in [0.05, 0.1) is 0 Å². The van der Waals surface area contributed by atoms with Gasteiger partial charge in [0.15, 0.2) is 12.7 Å². The summed E-state index contributed by atoms with van der Waals surface area (Å²) in [6.45, 7) is 0. The average molecular weight is 87.1 g/mol. The summed E-state index contributed by atoms with van der Waals surface area (Å²) in [7, 11) is 0. The number of hydrogen-bond donors (Lipinski definition) is 0. The predicted octanol–water partition coefficient (Wildman–Crippen LogP) is 0.0107. The quantitative estimate of drug-likeness (QED) is 0.446. The van der Waals surface area contributed by atoms with Crippen molar-refractivity contribution < 1.29 is 4.48 Å². The van der Waals surface area contributed by atoms with Crippen LogP contribution in [0.4, 0.5) is 4.48 Å². The van der Waals surface area contributed by atoms with Crippen molar-refractivity contribution in [1.29, 1.82) is 0 Å². The topological polar surface area (TPSA) is 30.7 Å². The maximum absolute atomic E-state index is 11.5. The lowest BCUT2D eigenvalue weighted by molar-refractivity contribution is 0.367. The van der Waals surface area contributed by atoms with Crippen molar-refractivity contribution in [3.05, 3.63) is 12.7 Å². The standard InChI is InChI=1S/C2H2FN3/c3-6-1-4-5-2-6/h1-2H. The summed E-state index contributed by atoms with van der Waals surface area (Å²) in [5.41, 5.74) is 0. The Morgan fingerprint density at radius 2 is 1.83 bits per heavy atom. The van der Waals surface area contributed by atoms with E-state index in [2.05, 4.69) is 10.2 Å². The maximum atomic E-state index is 11.5. The average Bonchev–Trinajstić information content (AvgIpc) is 1.86. The Kier molecular flexibility index (Phi) is 0.567. The molecule has 0 saturated heterocycles. The van der Waals surface area contributed by atoms with Crippen LogP contribution in [0.3, 0.4) is 0 Å². The van der Waals surface area contributed by atoms with E-state index in [0.717, 1.165) is 12.7 Å². The van der Waals surface area contributed by atoms with Crippen LogP contribution < -0.4 is 0 Å². The first-order valence-electron chi connectivity index (χ1n) is 1.40. The van der Waals surface area contributed by atoms with Crippen molar-refractivity contribution in [2.75, 3.05) is 0 Å². The Labute approximate surface area is 33.4 Å². The number of hydrogen-bond acceptors (Lipinski definition) is 2. The second-order valence-electron chi connectivity index (χ2n) is 0.806. The summed E-state index contributed by atoms with van der Waals surface area (Å²) in [6, 6.07) is 0. The monoisotopic (exact) mass is 87.0 g/mol. The third-order valence-electron chi connectivity index (χ3n) is 0.391. The van der Waals surface area contributed by atoms with E-state index in [0.29, 0.717) is 0 Å². The summed E-state index contributed by atoms with van der Waals surface area (Å²) in [5, 5.41) is 6.32. The van der Waals surface area contributed by atoms with Gasteiger partial charge in [0.25, 0.3) is 0 Å². The largest absolute Gasteiger partial charge is 0.154 e. The minimum absolute atomic E-state index is 0.278. The van der Waals surface area contributed by atoms with Crippen LogP contribution in [0.25, 0.3) is 0 Å². The number of aromatic nitrogens is 3. The van der Waals surface area contributed by atoms with E-state index in [4.69, 9.17) is 0 Å². The number of halogens is 1. The third kappa shape index (κ3) is 0.357. The fraction of sp³-hybridized carbons (Fsp3) is 0. The van der Waals surface area contributed by atoms with Crippen molar-refractivity contribution >= 4 is 0 Å². The van der Waals surface area contributed by atoms with Crippen LogP contribution in [0.2, 0.25) is 0 Å². The molecule has 1 heterocycles.